The highest BCUT2D eigenvalue weighted by Gasteiger charge is 2.38. The van der Waals surface area contributed by atoms with Crippen molar-refractivity contribution < 1.29 is 18.3 Å². The Hall–Kier alpha value is -2.69. The normalized spacial score (nSPS) is 20.9. The highest BCUT2D eigenvalue weighted by Crippen LogP contribution is 2.35. The van der Waals surface area contributed by atoms with Gasteiger partial charge in [-0.3, -0.25) is 4.90 Å². The van der Waals surface area contributed by atoms with Crippen LogP contribution in [-0.4, -0.2) is 23.1 Å². The third kappa shape index (κ3) is 4.19. The van der Waals surface area contributed by atoms with Gasteiger partial charge in [-0.15, -0.1) is 0 Å². The van der Waals surface area contributed by atoms with Crippen molar-refractivity contribution in [2.75, 3.05) is 0 Å². The number of piperidine rings is 1. The second-order valence-corrected chi connectivity index (χ2v) is 7.97. The minimum absolute atomic E-state index is 0.0425. The summed E-state index contributed by atoms with van der Waals surface area (Å²) in [7, 11) is 0. The average Bonchev–Trinajstić information content (AvgIpc) is 2.72. The van der Waals surface area contributed by atoms with Crippen LogP contribution in [0.5, 0.6) is 0 Å². The fourth-order valence-electron chi connectivity index (χ4n) is 4.39. The third-order valence-electron chi connectivity index (χ3n) is 5.90. The number of halogens is 2. The molecule has 0 saturated carbocycles. The summed E-state index contributed by atoms with van der Waals surface area (Å²) < 4.78 is 33.7. The van der Waals surface area contributed by atoms with E-state index in [4.69, 9.17) is 4.74 Å². The van der Waals surface area contributed by atoms with Crippen LogP contribution < -0.4 is 0 Å². The lowest BCUT2D eigenvalue weighted by Crippen LogP contribution is -2.52. The molecule has 2 atom stereocenters. The second kappa shape index (κ2) is 8.36. The lowest BCUT2D eigenvalue weighted by Gasteiger charge is -2.44. The van der Waals surface area contributed by atoms with E-state index in [1.165, 1.54) is 0 Å². The van der Waals surface area contributed by atoms with E-state index < -0.39 is 11.6 Å². The highest BCUT2D eigenvalue weighted by atomic mass is 19.2. The maximum absolute atomic E-state index is 14.3. The van der Waals surface area contributed by atoms with Gasteiger partial charge in [0.2, 0.25) is 0 Å². The molecule has 0 radical (unpaired) electrons. The first kappa shape index (κ1) is 19.6. The number of hydrogen-bond acceptors (Lipinski definition) is 2. The monoisotopic (exact) mass is 397 g/mol. The maximum atomic E-state index is 14.3. The Kier molecular flexibility index (Phi) is 5.65. The SMILES string of the molecule is Cc1ccc(CC2=CC3CCCC(C2)N3C(=O)OCc2ccccc2)c(F)c1F. The molecule has 1 amide bonds. The molecule has 2 aliphatic rings. The van der Waals surface area contributed by atoms with Crippen molar-refractivity contribution in [1.29, 1.82) is 0 Å². The largest absolute Gasteiger partial charge is 0.445 e. The van der Waals surface area contributed by atoms with Crippen molar-refractivity contribution >= 4 is 6.09 Å². The van der Waals surface area contributed by atoms with Gasteiger partial charge in [0.15, 0.2) is 11.6 Å². The fraction of sp³-hybridized carbons (Fsp3) is 0.375. The lowest BCUT2D eigenvalue weighted by atomic mass is 9.83. The highest BCUT2D eigenvalue weighted by molar-refractivity contribution is 5.69. The Labute approximate surface area is 170 Å². The number of amides is 1. The molecular weight excluding hydrogens is 372 g/mol. The van der Waals surface area contributed by atoms with Gasteiger partial charge >= 0.3 is 6.09 Å². The Morgan fingerprint density at radius 1 is 1.10 bits per heavy atom. The zero-order valence-corrected chi connectivity index (χ0v) is 16.5. The average molecular weight is 397 g/mol. The van der Waals surface area contributed by atoms with Crippen LogP contribution in [0.4, 0.5) is 13.6 Å². The van der Waals surface area contributed by atoms with E-state index in [-0.39, 0.29) is 24.8 Å². The summed E-state index contributed by atoms with van der Waals surface area (Å²) in [6.07, 6.45) is 5.62. The molecule has 2 aliphatic heterocycles. The Morgan fingerprint density at radius 3 is 2.66 bits per heavy atom. The number of rotatable bonds is 4. The van der Waals surface area contributed by atoms with Gasteiger partial charge < -0.3 is 4.74 Å². The third-order valence-corrected chi connectivity index (χ3v) is 5.90. The van der Waals surface area contributed by atoms with Crippen LogP contribution in [0.25, 0.3) is 0 Å². The summed E-state index contributed by atoms with van der Waals surface area (Å²) in [5.41, 5.74) is 2.70. The molecule has 2 bridgehead atoms. The van der Waals surface area contributed by atoms with Gasteiger partial charge in [-0.25, -0.2) is 13.6 Å². The summed E-state index contributed by atoms with van der Waals surface area (Å²) >= 11 is 0. The van der Waals surface area contributed by atoms with Gasteiger partial charge in [-0.1, -0.05) is 54.1 Å². The molecule has 5 heteroatoms. The lowest BCUT2D eigenvalue weighted by molar-refractivity contribution is 0.0481. The minimum Gasteiger partial charge on any atom is -0.445 e. The van der Waals surface area contributed by atoms with Crippen LogP contribution in [0.3, 0.4) is 0 Å². The molecule has 152 valence electrons. The summed E-state index contributed by atoms with van der Waals surface area (Å²) in [6, 6.07) is 12.9. The summed E-state index contributed by atoms with van der Waals surface area (Å²) in [4.78, 5) is 14.6. The first-order valence-electron chi connectivity index (χ1n) is 10.1. The predicted octanol–water partition coefficient (Wildman–Crippen LogP) is 5.71. The number of ether oxygens (including phenoxy) is 1. The number of benzene rings is 2. The van der Waals surface area contributed by atoms with E-state index in [0.717, 1.165) is 30.4 Å². The molecule has 1 saturated heterocycles. The molecule has 2 unspecified atom stereocenters. The van der Waals surface area contributed by atoms with Gasteiger partial charge in [0, 0.05) is 6.04 Å². The van der Waals surface area contributed by atoms with E-state index in [0.29, 0.717) is 24.0 Å². The number of carbonyl (C=O) groups is 1. The first-order valence-corrected chi connectivity index (χ1v) is 10.1. The van der Waals surface area contributed by atoms with Crippen LogP contribution in [-0.2, 0) is 17.8 Å². The zero-order valence-electron chi connectivity index (χ0n) is 16.5. The quantitative estimate of drug-likeness (QED) is 0.619. The molecule has 4 rings (SSSR count). The molecule has 3 nitrogen and oxygen atoms in total. The molecule has 29 heavy (non-hydrogen) atoms. The van der Waals surface area contributed by atoms with E-state index in [2.05, 4.69) is 6.08 Å². The van der Waals surface area contributed by atoms with Gasteiger partial charge in [-0.2, -0.15) is 0 Å². The predicted molar refractivity (Wildman–Crippen MR) is 107 cm³/mol. The van der Waals surface area contributed by atoms with Crippen molar-refractivity contribution in [3.05, 3.63) is 82.4 Å². The molecule has 1 fully saturated rings. The number of nitrogens with zero attached hydrogens (tertiary/aromatic N) is 1. The van der Waals surface area contributed by atoms with Crippen molar-refractivity contribution in [2.45, 2.75) is 57.7 Å². The molecular formula is C24H25F2NO2. The van der Waals surface area contributed by atoms with Gasteiger partial charge in [0.25, 0.3) is 0 Å². The van der Waals surface area contributed by atoms with Gasteiger partial charge in [-0.05, 0) is 55.7 Å². The Morgan fingerprint density at radius 2 is 1.90 bits per heavy atom. The van der Waals surface area contributed by atoms with Crippen molar-refractivity contribution in [1.82, 2.24) is 4.90 Å². The summed E-state index contributed by atoms with van der Waals surface area (Å²) in [5, 5.41) is 0. The fourth-order valence-corrected chi connectivity index (χ4v) is 4.39. The number of hydrogen-bond donors (Lipinski definition) is 0. The van der Waals surface area contributed by atoms with E-state index >= 15 is 0 Å². The molecule has 0 aliphatic carbocycles. The molecule has 0 N–H and O–H groups in total. The van der Waals surface area contributed by atoms with Crippen molar-refractivity contribution in [2.24, 2.45) is 0 Å². The molecule has 0 aromatic heterocycles. The van der Waals surface area contributed by atoms with Crippen LogP contribution in [0.2, 0.25) is 0 Å². The first-order chi connectivity index (χ1) is 14.0. The smallest absolute Gasteiger partial charge is 0.410 e. The Balaban J connectivity index is 1.47. The van der Waals surface area contributed by atoms with Crippen LogP contribution in [0, 0.1) is 18.6 Å². The molecule has 0 spiro atoms. The maximum Gasteiger partial charge on any atom is 0.410 e. The number of carbonyl (C=O) groups excluding carboxylic acids is 1. The molecule has 2 aromatic rings. The van der Waals surface area contributed by atoms with Crippen LogP contribution >= 0.6 is 0 Å². The summed E-state index contributed by atoms with van der Waals surface area (Å²) in [5.74, 6) is -1.54. The van der Waals surface area contributed by atoms with Crippen molar-refractivity contribution in [3.8, 4) is 0 Å². The minimum atomic E-state index is -0.773. The van der Waals surface area contributed by atoms with Crippen LogP contribution in [0.1, 0.15) is 42.4 Å². The summed E-state index contributed by atoms with van der Waals surface area (Å²) in [6.45, 7) is 1.81. The zero-order chi connectivity index (χ0) is 20.4. The van der Waals surface area contributed by atoms with Gasteiger partial charge in [0.05, 0.1) is 6.04 Å². The Bertz CT molecular complexity index is 926. The van der Waals surface area contributed by atoms with Gasteiger partial charge in [0.1, 0.15) is 6.61 Å². The number of fused-ring (bicyclic) bond motifs is 2. The van der Waals surface area contributed by atoms with Crippen molar-refractivity contribution in [3.63, 3.8) is 0 Å². The van der Waals surface area contributed by atoms with E-state index in [1.54, 1.807) is 19.1 Å². The standard InChI is InChI=1S/C24H25F2NO2/c1-16-10-11-19(23(26)22(16)25)12-18-13-20-8-5-9-21(14-18)27(20)24(28)29-15-17-6-3-2-4-7-17/h2-4,6-7,10-11,13,20-21H,5,8-9,12,14-15H2,1H3. The molecule has 2 heterocycles. The van der Waals surface area contributed by atoms with E-state index in [9.17, 15) is 13.6 Å². The van der Waals surface area contributed by atoms with Crippen LogP contribution in [0.15, 0.2) is 54.1 Å². The molecule has 2 aromatic carbocycles. The number of aryl methyl sites for hydroxylation is 1. The van der Waals surface area contributed by atoms with E-state index in [1.807, 2.05) is 35.2 Å². The second-order valence-electron chi connectivity index (χ2n) is 7.97. The topological polar surface area (TPSA) is 29.5 Å².